The Balaban J connectivity index is 1.29. The predicted molar refractivity (Wildman–Crippen MR) is 140 cm³/mol. The maximum atomic E-state index is 13.5. The molecule has 2 aliphatic rings. The largest absolute Gasteiger partial charge is 0.360 e. The molecule has 194 valence electrons. The summed E-state index contributed by atoms with van der Waals surface area (Å²) in [4.78, 5) is 48.3. The molecule has 2 saturated heterocycles. The second kappa shape index (κ2) is 10.5. The number of rotatable bonds is 5. The van der Waals surface area contributed by atoms with E-state index in [1.54, 1.807) is 17.2 Å². The van der Waals surface area contributed by atoms with Crippen molar-refractivity contribution in [2.75, 3.05) is 46.3 Å². The average molecular weight is 505 g/mol. The van der Waals surface area contributed by atoms with Gasteiger partial charge in [-0.3, -0.25) is 14.4 Å². The van der Waals surface area contributed by atoms with Crippen molar-refractivity contribution in [2.24, 2.45) is 5.92 Å². The van der Waals surface area contributed by atoms with Gasteiger partial charge in [0.25, 0.3) is 17.6 Å². The zero-order valence-electron chi connectivity index (χ0n) is 21.4. The van der Waals surface area contributed by atoms with Gasteiger partial charge in [-0.15, -0.1) is 0 Å². The Labute approximate surface area is 216 Å². The molecule has 0 saturated carbocycles. The van der Waals surface area contributed by atoms with E-state index in [1.807, 2.05) is 37.1 Å². The van der Waals surface area contributed by atoms with Gasteiger partial charge >= 0.3 is 0 Å². The molecule has 0 atom stereocenters. The SMILES string of the molecule is Cc1cc2[nH]cc(C(=O)C(=O)N3CCN(C)CC3)c2cc1C(=O)N1CCC(Cc2ccc(F)cc2)CC1. The van der Waals surface area contributed by atoms with Crippen LogP contribution in [-0.2, 0) is 11.2 Å². The summed E-state index contributed by atoms with van der Waals surface area (Å²) in [6.45, 7) is 5.75. The van der Waals surface area contributed by atoms with Gasteiger partial charge in [0.15, 0.2) is 0 Å². The van der Waals surface area contributed by atoms with Crippen LogP contribution in [0.1, 0.15) is 44.7 Å². The lowest BCUT2D eigenvalue weighted by molar-refractivity contribution is -0.127. The number of piperazine rings is 1. The number of aromatic amines is 1. The van der Waals surface area contributed by atoms with E-state index in [4.69, 9.17) is 0 Å². The Morgan fingerprint density at radius 3 is 2.27 bits per heavy atom. The molecule has 2 amide bonds. The number of amides is 2. The van der Waals surface area contributed by atoms with Crippen LogP contribution in [0.3, 0.4) is 0 Å². The number of fused-ring (bicyclic) bond motifs is 1. The van der Waals surface area contributed by atoms with Gasteiger partial charge in [0, 0.05) is 61.9 Å². The maximum absolute atomic E-state index is 13.5. The second-order valence-electron chi connectivity index (χ2n) is 10.4. The normalized spacial score (nSPS) is 17.4. The molecular formula is C29H33FN4O3. The number of aryl methyl sites for hydroxylation is 1. The fourth-order valence-electron chi connectivity index (χ4n) is 5.43. The van der Waals surface area contributed by atoms with Gasteiger partial charge in [0.1, 0.15) is 5.82 Å². The number of likely N-dealkylation sites (N-methyl/N-ethyl adjacent to an activating group) is 1. The van der Waals surface area contributed by atoms with Crippen LogP contribution in [-0.4, -0.2) is 83.6 Å². The van der Waals surface area contributed by atoms with Crippen LogP contribution in [0.4, 0.5) is 4.39 Å². The molecule has 37 heavy (non-hydrogen) atoms. The van der Waals surface area contributed by atoms with Gasteiger partial charge in [0.2, 0.25) is 0 Å². The molecule has 5 rings (SSSR count). The minimum absolute atomic E-state index is 0.0513. The third-order valence-corrected chi connectivity index (χ3v) is 7.83. The van der Waals surface area contributed by atoms with Crippen molar-refractivity contribution >= 4 is 28.5 Å². The fourth-order valence-corrected chi connectivity index (χ4v) is 5.43. The number of nitrogens with zero attached hydrogens (tertiary/aromatic N) is 3. The Bertz CT molecular complexity index is 1320. The third kappa shape index (κ3) is 5.30. The number of hydrogen-bond acceptors (Lipinski definition) is 4. The molecule has 3 aromatic rings. The van der Waals surface area contributed by atoms with Crippen LogP contribution in [0.2, 0.25) is 0 Å². The first-order valence-electron chi connectivity index (χ1n) is 13.0. The van der Waals surface area contributed by atoms with Gasteiger partial charge in [-0.25, -0.2) is 4.39 Å². The Morgan fingerprint density at radius 1 is 0.919 bits per heavy atom. The summed E-state index contributed by atoms with van der Waals surface area (Å²) in [5.74, 6) is -0.866. The Morgan fingerprint density at radius 2 is 1.59 bits per heavy atom. The summed E-state index contributed by atoms with van der Waals surface area (Å²) in [7, 11) is 2.00. The first kappa shape index (κ1) is 25.1. The lowest BCUT2D eigenvalue weighted by atomic mass is 9.89. The van der Waals surface area contributed by atoms with Gasteiger partial charge in [-0.1, -0.05) is 12.1 Å². The molecule has 0 radical (unpaired) electrons. The topological polar surface area (TPSA) is 76.7 Å². The Hall–Kier alpha value is -3.52. The standard InChI is InChI=1S/C29H33FN4O3/c1-19-15-26-24(25(18-31-26)27(35)29(37)34-13-11-32(2)12-14-34)17-23(19)28(36)33-9-7-21(8-10-33)16-20-3-5-22(30)6-4-20/h3-6,15,17-18,21,31H,7-14,16H2,1-2H3. The van der Waals surface area contributed by atoms with E-state index < -0.39 is 11.7 Å². The van der Waals surface area contributed by atoms with E-state index in [9.17, 15) is 18.8 Å². The second-order valence-corrected chi connectivity index (χ2v) is 10.4. The molecule has 0 unspecified atom stereocenters. The summed E-state index contributed by atoms with van der Waals surface area (Å²) in [6.07, 6.45) is 4.23. The smallest absolute Gasteiger partial charge is 0.295 e. The molecule has 0 bridgehead atoms. The highest BCUT2D eigenvalue weighted by atomic mass is 19.1. The zero-order chi connectivity index (χ0) is 26.1. The van der Waals surface area contributed by atoms with Crippen molar-refractivity contribution in [3.8, 4) is 0 Å². The molecule has 2 aliphatic heterocycles. The maximum Gasteiger partial charge on any atom is 0.295 e. The summed E-state index contributed by atoms with van der Waals surface area (Å²) < 4.78 is 13.2. The molecule has 1 N–H and O–H groups in total. The molecule has 2 fully saturated rings. The zero-order valence-corrected chi connectivity index (χ0v) is 21.4. The lowest BCUT2D eigenvalue weighted by Gasteiger charge is -2.32. The number of ketones is 1. The van der Waals surface area contributed by atoms with Crippen molar-refractivity contribution < 1.29 is 18.8 Å². The molecule has 8 heteroatoms. The van der Waals surface area contributed by atoms with E-state index in [-0.39, 0.29) is 11.7 Å². The number of halogens is 1. The van der Waals surface area contributed by atoms with E-state index >= 15 is 0 Å². The number of benzene rings is 2. The van der Waals surface area contributed by atoms with Crippen LogP contribution in [0.25, 0.3) is 10.9 Å². The molecular weight excluding hydrogens is 471 g/mol. The van der Waals surface area contributed by atoms with Crippen molar-refractivity contribution in [3.63, 3.8) is 0 Å². The van der Waals surface area contributed by atoms with Gasteiger partial charge < -0.3 is 19.7 Å². The van der Waals surface area contributed by atoms with E-state index in [0.717, 1.165) is 49.0 Å². The van der Waals surface area contributed by atoms with Crippen molar-refractivity contribution in [1.82, 2.24) is 19.7 Å². The molecule has 7 nitrogen and oxygen atoms in total. The van der Waals surface area contributed by atoms with Gasteiger partial charge in [-0.2, -0.15) is 0 Å². The summed E-state index contributed by atoms with van der Waals surface area (Å²) in [6, 6.07) is 10.3. The van der Waals surface area contributed by atoms with E-state index in [2.05, 4.69) is 9.88 Å². The molecule has 2 aromatic carbocycles. The average Bonchev–Trinajstić information content (AvgIpc) is 3.31. The van der Waals surface area contributed by atoms with Crippen LogP contribution in [0.5, 0.6) is 0 Å². The van der Waals surface area contributed by atoms with Crippen LogP contribution in [0.15, 0.2) is 42.6 Å². The highest BCUT2D eigenvalue weighted by Gasteiger charge is 2.29. The number of piperidine rings is 1. The molecule has 3 heterocycles. The molecule has 0 spiro atoms. The number of Topliss-reactive ketones (excluding diaryl/α,β-unsaturated/α-hetero) is 1. The number of aromatic nitrogens is 1. The van der Waals surface area contributed by atoms with Crippen molar-refractivity contribution in [2.45, 2.75) is 26.2 Å². The number of hydrogen-bond donors (Lipinski definition) is 1. The summed E-state index contributed by atoms with van der Waals surface area (Å²) >= 11 is 0. The van der Waals surface area contributed by atoms with Gasteiger partial charge in [0.05, 0.1) is 5.56 Å². The number of nitrogens with one attached hydrogen (secondary N) is 1. The number of likely N-dealkylation sites (tertiary alicyclic amines) is 1. The number of carbonyl (C=O) groups excluding carboxylic acids is 3. The van der Waals surface area contributed by atoms with Crippen LogP contribution < -0.4 is 0 Å². The van der Waals surface area contributed by atoms with Crippen LogP contribution in [0, 0.1) is 18.7 Å². The minimum atomic E-state index is -0.542. The first-order chi connectivity index (χ1) is 17.8. The monoisotopic (exact) mass is 504 g/mol. The third-order valence-electron chi connectivity index (χ3n) is 7.83. The van der Waals surface area contributed by atoms with Crippen molar-refractivity contribution in [1.29, 1.82) is 0 Å². The van der Waals surface area contributed by atoms with E-state index in [0.29, 0.717) is 48.6 Å². The Kier molecular flexibility index (Phi) is 7.11. The fraction of sp³-hybridized carbons (Fsp3) is 0.414. The molecule has 0 aliphatic carbocycles. The summed E-state index contributed by atoms with van der Waals surface area (Å²) in [5, 5.41) is 0.604. The highest BCUT2D eigenvalue weighted by Crippen LogP contribution is 2.27. The predicted octanol–water partition coefficient (Wildman–Crippen LogP) is 3.67. The number of H-pyrrole nitrogens is 1. The molecule has 1 aromatic heterocycles. The van der Waals surface area contributed by atoms with Gasteiger partial charge in [-0.05, 0) is 74.5 Å². The lowest BCUT2D eigenvalue weighted by Crippen LogP contribution is -2.49. The number of carbonyl (C=O) groups is 3. The quantitative estimate of drug-likeness (QED) is 0.425. The highest BCUT2D eigenvalue weighted by molar-refractivity contribution is 6.45. The first-order valence-corrected chi connectivity index (χ1v) is 13.0. The van der Waals surface area contributed by atoms with Crippen molar-refractivity contribution in [3.05, 3.63) is 70.7 Å². The minimum Gasteiger partial charge on any atom is -0.360 e. The van der Waals surface area contributed by atoms with Crippen LogP contribution >= 0.6 is 0 Å². The van der Waals surface area contributed by atoms with E-state index in [1.165, 1.54) is 12.1 Å². The summed E-state index contributed by atoms with van der Waals surface area (Å²) in [5.41, 5.74) is 3.55.